The van der Waals surface area contributed by atoms with E-state index in [0.29, 0.717) is 28.4 Å². The van der Waals surface area contributed by atoms with E-state index in [1.54, 1.807) is 18.2 Å². The highest BCUT2D eigenvalue weighted by atomic mass is 35.5. The van der Waals surface area contributed by atoms with Gasteiger partial charge in [-0.2, -0.15) is 0 Å². The van der Waals surface area contributed by atoms with Gasteiger partial charge in [-0.05, 0) is 43.0 Å². The van der Waals surface area contributed by atoms with E-state index < -0.39 is 0 Å². The Morgan fingerprint density at radius 3 is 2.90 bits per heavy atom. The summed E-state index contributed by atoms with van der Waals surface area (Å²) in [6, 6.07) is 5.13. The molecule has 2 rings (SSSR count). The summed E-state index contributed by atoms with van der Waals surface area (Å²) in [4.78, 5) is 14.3. The Hall–Kier alpha value is -1.26. The Morgan fingerprint density at radius 1 is 1.50 bits per heavy atom. The van der Waals surface area contributed by atoms with Crippen molar-refractivity contribution in [1.82, 2.24) is 4.90 Å². The predicted octanol–water partition coefficient (Wildman–Crippen LogP) is 2.98. The maximum absolute atomic E-state index is 12.1. The molecule has 1 aliphatic heterocycles. The van der Waals surface area contributed by atoms with Crippen LogP contribution in [0.5, 0.6) is 0 Å². The average molecular weight is 296 g/mol. The van der Waals surface area contributed by atoms with E-state index in [4.69, 9.17) is 17.3 Å². The molecule has 20 heavy (non-hydrogen) atoms. The number of nitrogen functional groups attached to an aromatic ring is 1. The minimum Gasteiger partial charge on any atom is -0.397 e. The second-order valence-electron chi connectivity index (χ2n) is 6.26. The summed E-state index contributed by atoms with van der Waals surface area (Å²) in [5.41, 5.74) is 7.18. The summed E-state index contributed by atoms with van der Waals surface area (Å²) in [5, 5.41) is 3.37. The molecule has 0 aliphatic carbocycles. The summed E-state index contributed by atoms with van der Waals surface area (Å²) in [5.74, 6) is -0.00979. The molecule has 0 unspecified atom stereocenters. The first-order chi connectivity index (χ1) is 9.35. The number of carbonyl (C=O) groups is 1. The zero-order valence-electron chi connectivity index (χ0n) is 12.1. The van der Waals surface area contributed by atoms with Crippen molar-refractivity contribution in [3.05, 3.63) is 23.2 Å². The molecule has 1 aromatic rings. The number of rotatable bonds is 3. The Bertz CT molecular complexity index is 502. The summed E-state index contributed by atoms with van der Waals surface area (Å²) < 4.78 is 0. The van der Waals surface area contributed by atoms with Gasteiger partial charge in [0.25, 0.3) is 0 Å². The third-order valence-electron chi connectivity index (χ3n) is 3.63. The highest BCUT2D eigenvalue weighted by Crippen LogP contribution is 2.28. The fraction of sp³-hybridized carbons (Fsp3) is 0.533. The fourth-order valence-corrected chi connectivity index (χ4v) is 2.82. The number of piperidine rings is 1. The summed E-state index contributed by atoms with van der Waals surface area (Å²) in [6.45, 7) is 6.86. The van der Waals surface area contributed by atoms with Crippen LogP contribution >= 0.6 is 11.6 Å². The van der Waals surface area contributed by atoms with E-state index in [-0.39, 0.29) is 5.91 Å². The number of halogens is 1. The molecule has 1 aliphatic rings. The molecule has 0 radical (unpaired) electrons. The summed E-state index contributed by atoms with van der Waals surface area (Å²) in [7, 11) is 0. The van der Waals surface area contributed by atoms with Gasteiger partial charge in [0, 0.05) is 12.2 Å². The molecule has 0 atom stereocenters. The molecule has 1 amide bonds. The van der Waals surface area contributed by atoms with Crippen LogP contribution in [0, 0.1) is 5.41 Å². The van der Waals surface area contributed by atoms with Crippen LogP contribution in [0.25, 0.3) is 0 Å². The lowest BCUT2D eigenvalue weighted by atomic mass is 9.84. The average Bonchev–Trinajstić information content (AvgIpc) is 2.32. The van der Waals surface area contributed by atoms with Crippen molar-refractivity contribution in [2.75, 3.05) is 30.7 Å². The number of carbonyl (C=O) groups excluding carboxylic acids is 1. The van der Waals surface area contributed by atoms with E-state index in [2.05, 4.69) is 24.1 Å². The predicted molar refractivity (Wildman–Crippen MR) is 83.9 cm³/mol. The van der Waals surface area contributed by atoms with E-state index >= 15 is 0 Å². The minimum absolute atomic E-state index is 0.00979. The van der Waals surface area contributed by atoms with Crippen LogP contribution < -0.4 is 11.1 Å². The highest BCUT2D eigenvalue weighted by Gasteiger charge is 2.27. The van der Waals surface area contributed by atoms with Gasteiger partial charge >= 0.3 is 0 Å². The zero-order valence-corrected chi connectivity index (χ0v) is 12.8. The van der Waals surface area contributed by atoms with Gasteiger partial charge in [-0.1, -0.05) is 25.4 Å². The van der Waals surface area contributed by atoms with Crippen LogP contribution in [0.4, 0.5) is 11.4 Å². The van der Waals surface area contributed by atoms with Gasteiger partial charge in [-0.25, -0.2) is 0 Å². The quantitative estimate of drug-likeness (QED) is 0.843. The van der Waals surface area contributed by atoms with Crippen molar-refractivity contribution < 1.29 is 4.79 Å². The van der Waals surface area contributed by atoms with E-state index in [1.807, 2.05) is 0 Å². The summed E-state index contributed by atoms with van der Waals surface area (Å²) in [6.07, 6.45) is 2.37. The SMILES string of the molecule is CC1(C)CCCN(CC(=O)Nc2ccc(Cl)c(N)c2)C1. The number of hydrogen-bond donors (Lipinski definition) is 2. The largest absolute Gasteiger partial charge is 0.397 e. The first kappa shape index (κ1) is 15.1. The molecule has 0 aromatic heterocycles. The van der Waals surface area contributed by atoms with E-state index in [9.17, 15) is 4.79 Å². The molecule has 5 heteroatoms. The van der Waals surface area contributed by atoms with Gasteiger partial charge in [-0.15, -0.1) is 0 Å². The van der Waals surface area contributed by atoms with Crippen LogP contribution in [-0.4, -0.2) is 30.4 Å². The van der Waals surface area contributed by atoms with Crippen LogP contribution in [-0.2, 0) is 4.79 Å². The second-order valence-corrected chi connectivity index (χ2v) is 6.67. The second kappa shape index (κ2) is 6.02. The van der Waals surface area contributed by atoms with Gasteiger partial charge in [0.05, 0.1) is 17.3 Å². The molecule has 1 saturated heterocycles. The Labute approximate surface area is 125 Å². The molecule has 1 heterocycles. The highest BCUT2D eigenvalue weighted by molar-refractivity contribution is 6.33. The van der Waals surface area contributed by atoms with Gasteiger partial charge in [0.2, 0.25) is 5.91 Å². The molecule has 4 nitrogen and oxygen atoms in total. The molecule has 0 spiro atoms. The Kier molecular flexibility index (Phi) is 4.55. The maximum atomic E-state index is 12.1. The third-order valence-corrected chi connectivity index (χ3v) is 3.97. The molecule has 1 aromatic carbocycles. The zero-order chi connectivity index (χ0) is 14.8. The van der Waals surface area contributed by atoms with E-state index in [0.717, 1.165) is 19.5 Å². The number of nitrogens with zero attached hydrogens (tertiary/aromatic N) is 1. The van der Waals surface area contributed by atoms with Crippen LogP contribution in [0.3, 0.4) is 0 Å². The topological polar surface area (TPSA) is 58.4 Å². The monoisotopic (exact) mass is 295 g/mol. The minimum atomic E-state index is -0.00979. The van der Waals surface area contributed by atoms with E-state index in [1.165, 1.54) is 6.42 Å². The van der Waals surface area contributed by atoms with Gasteiger partial charge < -0.3 is 11.1 Å². The Morgan fingerprint density at radius 2 is 2.25 bits per heavy atom. The van der Waals surface area contributed by atoms with Crippen molar-refractivity contribution in [2.45, 2.75) is 26.7 Å². The number of hydrogen-bond acceptors (Lipinski definition) is 3. The van der Waals surface area contributed by atoms with Gasteiger partial charge in [0.1, 0.15) is 0 Å². The Balaban J connectivity index is 1.90. The smallest absolute Gasteiger partial charge is 0.238 e. The number of nitrogens with two attached hydrogens (primary N) is 1. The lowest BCUT2D eigenvalue weighted by molar-refractivity contribution is -0.118. The molecular weight excluding hydrogens is 274 g/mol. The molecule has 1 fully saturated rings. The number of nitrogens with one attached hydrogen (secondary N) is 1. The van der Waals surface area contributed by atoms with Crippen molar-refractivity contribution in [3.63, 3.8) is 0 Å². The normalized spacial score (nSPS) is 18.8. The number of likely N-dealkylation sites (tertiary alicyclic amines) is 1. The fourth-order valence-electron chi connectivity index (χ4n) is 2.70. The molecular formula is C15H22ClN3O. The molecule has 3 N–H and O–H groups in total. The van der Waals surface area contributed by atoms with Crippen molar-refractivity contribution >= 4 is 28.9 Å². The first-order valence-corrected chi connectivity index (χ1v) is 7.31. The van der Waals surface area contributed by atoms with Crippen molar-refractivity contribution in [1.29, 1.82) is 0 Å². The number of benzene rings is 1. The van der Waals surface area contributed by atoms with Crippen molar-refractivity contribution in [3.8, 4) is 0 Å². The van der Waals surface area contributed by atoms with Gasteiger partial charge in [0.15, 0.2) is 0 Å². The molecule has 110 valence electrons. The lowest BCUT2D eigenvalue weighted by Gasteiger charge is -2.37. The van der Waals surface area contributed by atoms with Crippen LogP contribution in [0.2, 0.25) is 5.02 Å². The lowest BCUT2D eigenvalue weighted by Crippen LogP contribution is -2.43. The maximum Gasteiger partial charge on any atom is 0.238 e. The van der Waals surface area contributed by atoms with Crippen LogP contribution in [0.1, 0.15) is 26.7 Å². The first-order valence-electron chi connectivity index (χ1n) is 6.93. The third kappa shape index (κ3) is 4.12. The van der Waals surface area contributed by atoms with Crippen LogP contribution in [0.15, 0.2) is 18.2 Å². The number of anilines is 2. The molecule has 0 saturated carbocycles. The number of amides is 1. The summed E-state index contributed by atoms with van der Waals surface area (Å²) >= 11 is 5.86. The van der Waals surface area contributed by atoms with Gasteiger partial charge in [-0.3, -0.25) is 9.69 Å². The standard InChI is InChI=1S/C15H22ClN3O/c1-15(2)6-3-7-19(10-15)9-14(20)18-11-4-5-12(16)13(17)8-11/h4-5,8H,3,6-7,9-10,17H2,1-2H3,(H,18,20). The molecule has 0 bridgehead atoms. The van der Waals surface area contributed by atoms with Crippen molar-refractivity contribution in [2.24, 2.45) is 5.41 Å².